The van der Waals surface area contributed by atoms with Crippen molar-refractivity contribution in [2.24, 2.45) is 5.16 Å². The summed E-state index contributed by atoms with van der Waals surface area (Å²) < 4.78 is 5.07. The predicted octanol–water partition coefficient (Wildman–Crippen LogP) is 3.78. The van der Waals surface area contributed by atoms with Crippen LogP contribution in [0, 0.1) is 0 Å². The Labute approximate surface area is 117 Å². The number of ether oxygens (including phenoxy) is 1. The quantitative estimate of drug-likeness (QED) is 0.614. The average Bonchev–Trinajstić information content (AvgIpc) is 2.44. The molecule has 3 nitrogen and oxygen atoms in total. The topological polar surface area (TPSA) is 30.8 Å². The van der Waals surface area contributed by atoms with Gasteiger partial charge in [-0.25, -0.2) is 0 Å². The van der Waals surface area contributed by atoms with Crippen LogP contribution in [0.5, 0.6) is 5.75 Å². The Morgan fingerprint density at radius 1 is 1.16 bits per heavy atom. The second-order valence-corrected chi connectivity index (χ2v) is 4.27. The van der Waals surface area contributed by atoms with Gasteiger partial charge in [0.15, 0.2) is 0 Å². The molecule has 2 rings (SSSR count). The summed E-state index contributed by atoms with van der Waals surface area (Å²) in [5, 5.41) is 4.43. The van der Waals surface area contributed by atoms with E-state index in [1.54, 1.807) is 19.2 Å². The third kappa shape index (κ3) is 4.30. The van der Waals surface area contributed by atoms with Crippen molar-refractivity contribution in [2.45, 2.75) is 6.61 Å². The van der Waals surface area contributed by atoms with Crippen LogP contribution in [0.25, 0.3) is 0 Å². The van der Waals surface area contributed by atoms with E-state index in [0.717, 1.165) is 16.9 Å². The highest BCUT2D eigenvalue weighted by Crippen LogP contribution is 2.12. The summed E-state index contributed by atoms with van der Waals surface area (Å²) in [6.07, 6.45) is 2.77. The van der Waals surface area contributed by atoms with Crippen LogP contribution in [0.2, 0.25) is 5.02 Å². The summed E-state index contributed by atoms with van der Waals surface area (Å²) in [4.78, 5) is 5.17. The lowest BCUT2D eigenvalue weighted by atomic mass is 10.2. The minimum atomic E-state index is 0.386. The lowest BCUT2D eigenvalue weighted by molar-refractivity contribution is 0.132. The van der Waals surface area contributed by atoms with Crippen molar-refractivity contribution in [3.8, 4) is 5.75 Å². The van der Waals surface area contributed by atoms with Crippen molar-refractivity contribution in [3.63, 3.8) is 0 Å². The molecule has 19 heavy (non-hydrogen) atoms. The van der Waals surface area contributed by atoms with Crippen LogP contribution in [0.1, 0.15) is 11.1 Å². The molecule has 0 aliphatic carbocycles. The normalized spacial score (nSPS) is 10.6. The predicted molar refractivity (Wildman–Crippen MR) is 75.8 cm³/mol. The first-order valence-electron chi connectivity index (χ1n) is 5.74. The maximum absolute atomic E-state index is 5.85. The van der Waals surface area contributed by atoms with Gasteiger partial charge in [0, 0.05) is 10.6 Å². The first kappa shape index (κ1) is 13.4. The third-order valence-electron chi connectivity index (χ3n) is 2.45. The summed E-state index contributed by atoms with van der Waals surface area (Å²) in [7, 11) is 1.63. The van der Waals surface area contributed by atoms with Crippen molar-refractivity contribution in [1.29, 1.82) is 0 Å². The fraction of sp³-hybridized carbons (Fsp3) is 0.133. The largest absolute Gasteiger partial charge is 0.497 e. The number of rotatable bonds is 5. The molecule has 1 radical (unpaired) electrons. The van der Waals surface area contributed by atoms with Gasteiger partial charge in [0.05, 0.1) is 7.11 Å². The molecule has 0 saturated heterocycles. The van der Waals surface area contributed by atoms with Gasteiger partial charge in [-0.15, -0.1) is 0 Å². The van der Waals surface area contributed by atoms with E-state index in [2.05, 4.69) is 11.4 Å². The smallest absolute Gasteiger partial charge is 0.142 e. The number of methoxy groups -OCH3 is 1. The summed E-state index contributed by atoms with van der Waals surface area (Å²) >= 11 is 5.85. The first-order chi connectivity index (χ1) is 9.28. The number of hydrogen-bond acceptors (Lipinski definition) is 3. The molecule has 97 valence electrons. The molecule has 0 aromatic heterocycles. The van der Waals surface area contributed by atoms with E-state index in [-0.39, 0.29) is 0 Å². The number of halogens is 1. The Morgan fingerprint density at radius 3 is 2.63 bits per heavy atom. The fourth-order valence-electron chi connectivity index (χ4n) is 1.47. The molecule has 0 unspecified atom stereocenters. The van der Waals surface area contributed by atoms with Crippen molar-refractivity contribution >= 4 is 17.8 Å². The number of hydrogen-bond donors (Lipinski definition) is 0. The van der Waals surface area contributed by atoms with Gasteiger partial charge >= 0.3 is 0 Å². The van der Waals surface area contributed by atoms with Gasteiger partial charge in [-0.2, -0.15) is 0 Å². The van der Waals surface area contributed by atoms with E-state index >= 15 is 0 Å². The van der Waals surface area contributed by atoms with Crippen molar-refractivity contribution in [1.82, 2.24) is 0 Å². The van der Waals surface area contributed by atoms with Gasteiger partial charge in [0.2, 0.25) is 0 Å². The minimum Gasteiger partial charge on any atom is -0.497 e. The van der Waals surface area contributed by atoms with E-state index in [0.29, 0.717) is 11.6 Å². The molecule has 0 heterocycles. The van der Waals surface area contributed by atoms with Crippen LogP contribution in [-0.4, -0.2) is 13.3 Å². The highest BCUT2D eigenvalue weighted by Gasteiger charge is 1.95. The Morgan fingerprint density at radius 2 is 1.95 bits per heavy atom. The third-order valence-corrected chi connectivity index (χ3v) is 2.69. The zero-order valence-corrected chi connectivity index (χ0v) is 11.2. The molecular formula is C15H13ClNO2. The van der Waals surface area contributed by atoms with Crippen molar-refractivity contribution in [3.05, 3.63) is 64.7 Å². The molecule has 2 aromatic carbocycles. The maximum Gasteiger partial charge on any atom is 0.142 e. The van der Waals surface area contributed by atoms with Crippen LogP contribution in [0.3, 0.4) is 0 Å². The fourth-order valence-corrected chi connectivity index (χ4v) is 1.66. The zero-order chi connectivity index (χ0) is 13.5. The highest BCUT2D eigenvalue weighted by atomic mass is 35.5. The zero-order valence-electron chi connectivity index (χ0n) is 10.5. The van der Waals surface area contributed by atoms with Crippen LogP contribution in [-0.2, 0) is 11.4 Å². The maximum atomic E-state index is 5.85. The van der Waals surface area contributed by atoms with E-state index in [1.165, 1.54) is 0 Å². The average molecular weight is 275 g/mol. The molecule has 0 fully saturated rings. The SMILES string of the molecule is COc1ccc(CO/N=[C]\c2cccc(Cl)c2)cc1. The summed E-state index contributed by atoms with van der Waals surface area (Å²) in [6.45, 7) is 0.386. The molecule has 0 aliphatic rings. The van der Waals surface area contributed by atoms with Crippen molar-refractivity contribution < 1.29 is 9.57 Å². The van der Waals surface area contributed by atoms with E-state index in [1.807, 2.05) is 36.4 Å². The lowest BCUT2D eigenvalue weighted by Gasteiger charge is -2.02. The van der Waals surface area contributed by atoms with E-state index < -0.39 is 0 Å². The summed E-state index contributed by atoms with van der Waals surface area (Å²) in [5.74, 6) is 0.817. The monoisotopic (exact) mass is 274 g/mol. The van der Waals surface area contributed by atoms with E-state index in [4.69, 9.17) is 21.2 Å². The molecule has 0 atom stereocenters. The number of benzene rings is 2. The van der Waals surface area contributed by atoms with Crippen LogP contribution in [0.15, 0.2) is 53.7 Å². The molecule has 0 aliphatic heterocycles. The molecule has 4 heteroatoms. The Bertz CT molecular complexity index is 552. The molecule has 0 amide bonds. The van der Waals surface area contributed by atoms with Gasteiger partial charge in [-0.1, -0.05) is 41.0 Å². The Kier molecular flexibility index (Phi) is 4.81. The van der Waals surface area contributed by atoms with Crippen LogP contribution >= 0.6 is 11.6 Å². The highest BCUT2D eigenvalue weighted by molar-refractivity contribution is 6.30. The Hall–Kier alpha value is -2.00. The van der Waals surface area contributed by atoms with Gasteiger partial charge < -0.3 is 9.57 Å². The van der Waals surface area contributed by atoms with Crippen LogP contribution in [0.4, 0.5) is 0 Å². The second kappa shape index (κ2) is 6.81. The van der Waals surface area contributed by atoms with Gasteiger partial charge in [-0.05, 0) is 29.8 Å². The van der Waals surface area contributed by atoms with Gasteiger partial charge in [-0.3, -0.25) is 0 Å². The lowest BCUT2D eigenvalue weighted by Crippen LogP contribution is -1.89. The molecule has 2 aromatic rings. The molecule has 0 N–H and O–H groups in total. The molecule has 0 spiro atoms. The molecule has 0 bridgehead atoms. The number of nitrogens with zero attached hydrogens (tertiary/aromatic N) is 1. The second-order valence-electron chi connectivity index (χ2n) is 3.83. The van der Waals surface area contributed by atoms with Crippen LogP contribution < -0.4 is 4.74 Å². The minimum absolute atomic E-state index is 0.386. The summed E-state index contributed by atoms with van der Waals surface area (Å²) in [5.41, 5.74) is 1.79. The Balaban J connectivity index is 1.85. The van der Waals surface area contributed by atoms with Gasteiger partial charge in [0.25, 0.3) is 0 Å². The summed E-state index contributed by atoms with van der Waals surface area (Å²) in [6, 6.07) is 14.9. The van der Waals surface area contributed by atoms with Gasteiger partial charge in [0.1, 0.15) is 18.6 Å². The molecular weight excluding hydrogens is 262 g/mol. The molecule has 0 saturated carbocycles. The first-order valence-corrected chi connectivity index (χ1v) is 6.12. The van der Waals surface area contributed by atoms with E-state index in [9.17, 15) is 0 Å². The van der Waals surface area contributed by atoms with Crippen molar-refractivity contribution in [2.75, 3.05) is 7.11 Å². The standard InChI is InChI=1S/C15H13ClNO2/c1-18-15-7-5-12(6-8-15)11-19-17-10-13-3-2-4-14(16)9-13/h2-9H,11H2,1H3.